The molecule has 0 saturated heterocycles. The molecule has 12 heavy (non-hydrogen) atoms. The highest BCUT2D eigenvalue weighted by atomic mass is 16.1. The Bertz CT molecular complexity index is 253. The fourth-order valence-electron chi connectivity index (χ4n) is 1.17. The molecule has 0 aromatic heterocycles. The molecule has 0 aromatic carbocycles. The van der Waals surface area contributed by atoms with Gasteiger partial charge in [-0.3, -0.25) is 4.79 Å². The van der Waals surface area contributed by atoms with Crippen molar-refractivity contribution >= 4 is 5.78 Å². The first-order chi connectivity index (χ1) is 5.65. The highest BCUT2D eigenvalue weighted by molar-refractivity contribution is 5.92. The summed E-state index contributed by atoms with van der Waals surface area (Å²) in [6, 6.07) is 0.570. The Kier molecular flexibility index (Phi) is 2.74. The van der Waals surface area contributed by atoms with Crippen molar-refractivity contribution in [2.45, 2.75) is 26.7 Å². The first-order valence-corrected chi connectivity index (χ1v) is 4.19. The smallest absolute Gasteiger partial charge is 0.246 e. The number of carbonyl (C=O) groups excluding carboxylic acids is 1. The van der Waals surface area contributed by atoms with Gasteiger partial charge in [0.2, 0.25) is 11.7 Å². The number of nitrogens with zero attached hydrogens (tertiary/aromatic N) is 2. The minimum Gasteiger partial charge on any atom is -0.296 e. The topological polar surface area (TPSA) is 32.4 Å². The summed E-state index contributed by atoms with van der Waals surface area (Å²) >= 11 is 0. The van der Waals surface area contributed by atoms with Crippen LogP contribution in [-0.2, 0) is 4.79 Å². The number of hydrogen-bond acceptors (Lipinski definition) is 2. The second-order valence-electron chi connectivity index (χ2n) is 2.95. The number of hydrogen-bond donors (Lipinski definition) is 0. The van der Waals surface area contributed by atoms with Gasteiger partial charge in [-0.15, -0.1) is 0 Å². The number of allylic oxidation sites excluding steroid dienone is 1. The van der Waals surface area contributed by atoms with E-state index in [0.29, 0.717) is 6.04 Å². The molecular formula is C9H14N2O+. The minimum atomic E-state index is 0.0351. The van der Waals surface area contributed by atoms with E-state index in [2.05, 4.69) is 12.0 Å². The molecule has 1 aliphatic rings. The maximum atomic E-state index is 10.9. The molecule has 1 radical (unpaired) electrons. The zero-order chi connectivity index (χ0) is 9.14. The summed E-state index contributed by atoms with van der Waals surface area (Å²) < 4.78 is 1.78. The molecule has 3 nitrogen and oxygen atoms in total. The fourth-order valence-corrected chi connectivity index (χ4v) is 1.17. The van der Waals surface area contributed by atoms with Gasteiger partial charge in [-0.25, -0.2) is 0 Å². The number of ketones is 1. The van der Waals surface area contributed by atoms with E-state index in [1.165, 1.54) is 6.92 Å². The largest absolute Gasteiger partial charge is 0.296 e. The Morgan fingerprint density at radius 2 is 2.33 bits per heavy atom. The summed E-state index contributed by atoms with van der Waals surface area (Å²) in [6.45, 7) is 3.65. The van der Waals surface area contributed by atoms with E-state index >= 15 is 0 Å². The van der Waals surface area contributed by atoms with Gasteiger partial charge in [-0.05, 0) is 18.5 Å². The maximum absolute atomic E-state index is 10.9. The quantitative estimate of drug-likeness (QED) is 0.589. The lowest BCUT2D eigenvalue weighted by atomic mass is 10.1. The van der Waals surface area contributed by atoms with Crippen LogP contribution in [0.3, 0.4) is 0 Å². The first kappa shape index (κ1) is 9.10. The second kappa shape index (κ2) is 3.61. The van der Waals surface area contributed by atoms with Crippen LogP contribution in [0.5, 0.6) is 0 Å². The van der Waals surface area contributed by atoms with Crippen molar-refractivity contribution in [1.82, 2.24) is 0 Å². The normalized spacial score (nSPS) is 17.6. The van der Waals surface area contributed by atoms with Crippen molar-refractivity contribution < 1.29 is 9.49 Å². The molecule has 65 valence electrons. The van der Waals surface area contributed by atoms with Crippen molar-refractivity contribution in [3.8, 4) is 0 Å². The van der Waals surface area contributed by atoms with Crippen LogP contribution in [0.2, 0.25) is 0 Å². The van der Waals surface area contributed by atoms with Crippen LogP contribution in [0.15, 0.2) is 16.9 Å². The molecule has 0 atom stereocenters. The lowest BCUT2D eigenvalue weighted by molar-refractivity contribution is -0.512. The zero-order valence-corrected chi connectivity index (χ0v) is 7.79. The van der Waals surface area contributed by atoms with E-state index in [1.54, 1.807) is 4.70 Å². The Morgan fingerprint density at radius 1 is 1.67 bits per heavy atom. The van der Waals surface area contributed by atoms with E-state index in [0.717, 1.165) is 18.5 Å². The molecule has 3 heteroatoms. The van der Waals surface area contributed by atoms with Gasteiger partial charge in [0.05, 0.1) is 0 Å². The Morgan fingerprint density at radius 3 is 2.75 bits per heavy atom. The molecule has 1 heterocycles. The average Bonchev–Trinajstić information content (AvgIpc) is 2.34. The lowest BCUT2D eigenvalue weighted by Crippen LogP contribution is -2.00. The molecular weight excluding hydrogens is 152 g/mol. The SMILES string of the molecule is CCCC1=C[C](C(C)=O)N=[N+]1C. The molecule has 1 aliphatic heterocycles. The fraction of sp³-hybridized carbons (Fsp3) is 0.556. The highest BCUT2D eigenvalue weighted by Crippen LogP contribution is 2.21. The lowest BCUT2D eigenvalue weighted by Gasteiger charge is -1.89. The predicted molar refractivity (Wildman–Crippen MR) is 45.5 cm³/mol. The molecule has 0 N–H and O–H groups in total. The van der Waals surface area contributed by atoms with Gasteiger partial charge in [-0.1, -0.05) is 11.6 Å². The zero-order valence-electron chi connectivity index (χ0n) is 7.79. The molecule has 0 aromatic rings. The summed E-state index contributed by atoms with van der Waals surface area (Å²) in [6.07, 6.45) is 3.93. The number of azo groups is 2. The van der Waals surface area contributed by atoms with E-state index < -0.39 is 0 Å². The Balaban J connectivity index is 2.73. The summed E-state index contributed by atoms with van der Waals surface area (Å²) in [5.74, 6) is 0.0351. The minimum absolute atomic E-state index is 0.0351. The van der Waals surface area contributed by atoms with Crippen LogP contribution in [0, 0.1) is 6.04 Å². The highest BCUT2D eigenvalue weighted by Gasteiger charge is 2.27. The van der Waals surface area contributed by atoms with Gasteiger partial charge in [0, 0.05) is 12.5 Å². The third-order valence-corrected chi connectivity index (χ3v) is 1.84. The molecule has 0 unspecified atom stereocenters. The molecule has 0 spiro atoms. The van der Waals surface area contributed by atoms with Crippen LogP contribution in [0.4, 0.5) is 0 Å². The molecule has 0 saturated carbocycles. The monoisotopic (exact) mass is 166 g/mol. The van der Waals surface area contributed by atoms with Gasteiger partial charge in [0.15, 0.2) is 12.8 Å². The van der Waals surface area contributed by atoms with Crippen molar-refractivity contribution in [3.05, 3.63) is 17.8 Å². The average molecular weight is 166 g/mol. The Labute approximate surface area is 72.8 Å². The van der Waals surface area contributed by atoms with Crippen LogP contribution in [0.25, 0.3) is 0 Å². The molecule has 0 bridgehead atoms. The van der Waals surface area contributed by atoms with Crippen LogP contribution in [0.1, 0.15) is 26.7 Å². The second-order valence-corrected chi connectivity index (χ2v) is 2.95. The maximum Gasteiger partial charge on any atom is 0.246 e. The summed E-state index contributed by atoms with van der Waals surface area (Å²) in [5, 5.41) is 4.10. The standard InChI is InChI=1S/C9H14N2O/c1-4-5-8-6-9(7(2)12)10-11(8)3/h6H,4-5H2,1-3H3/q+1. The van der Waals surface area contributed by atoms with Crippen molar-refractivity contribution in [2.75, 3.05) is 7.05 Å². The summed E-state index contributed by atoms with van der Waals surface area (Å²) in [4.78, 5) is 10.9. The molecule has 0 aliphatic carbocycles. The van der Waals surface area contributed by atoms with Crippen LogP contribution in [-0.4, -0.2) is 17.5 Å². The van der Waals surface area contributed by atoms with Crippen LogP contribution < -0.4 is 0 Å². The number of rotatable bonds is 3. The van der Waals surface area contributed by atoms with Crippen molar-refractivity contribution in [3.63, 3.8) is 0 Å². The molecule has 0 fully saturated rings. The van der Waals surface area contributed by atoms with Gasteiger partial charge >= 0.3 is 0 Å². The first-order valence-electron chi connectivity index (χ1n) is 4.19. The van der Waals surface area contributed by atoms with E-state index in [9.17, 15) is 4.79 Å². The Hall–Kier alpha value is -0.990. The van der Waals surface area contributed by atoms with E-state index in [4.69, 9.17) is 0 Å². The van der Waals surface area contributed by atoms with Crippen molar-refractivity contribution in [1.29, 1.82) is 0 Å². The summed E-state index contributed by atoms with van der Waals surface area (Å²) in [5.41, 5.74) is 1.13. The number of carbonyl (C=O) groups is 1. The third-order valence-electron chi connectivity index (χ3n) is 1.84. The van der Waals surface area contributed by atoms with Crippen LogP contribution >= 0.6 is 0 Å². The molecule has 1 rings (SSSR count). The summed E-state index contributed by atoms with van der Waals surface area (Å²) in [7, 11) is 1.87. The van der Waals surface area contributed by atoms with Gasteiger partial charge < -0.3 is 0 Å². The van der Waals surface area contributed by atoms with Gasteiger partial charge in [-0.2, -0.15) is 0 Å². The predicted octanol–water partition coefficient (Wildman–Crippen LogP) is 1.90. The van der Waals surface area contributed by atoms with E-state index in [1.807, 2.05) is 13.1 Å². The number of Topliss-reactive ketones (excluding diaryl/α,β-unsaturated/α-hetero) is 1. The molecule has 0 amide bonds. The third kappa shape index (κ3) is 1.78. The van der Waals surface area contributed by atoms with Crippen molar-refractivity contribution in [2.24, 2.45) is 5.11 Å². The van der Waals surface area contributed by atoms with Gasteiger partial charge in [0.1, 0.15) is 0 Å². The van der Waals surface area contributed by atoms with E-state index in [-0.39, 0.29) is 5.78 Å². The van der Waals surface area contributed by atoms with Gasteiger partial charge in [0.25, 0.3) is 0 Å².